The van der Waals surface area contributed by atoms with E-state index in [9.17, 15) is 4.79 Å². The molecule has 0 atom stereocenters. The van der Waals surface area contributed by atoms with Gasteiger partial charge in [-0.25, -0.2) is 4.79 Å². The molecule has 0 spiro atoms. The fraction of sp³-hybridized carbons (Fsp3) is 0.211. The van der Waals surface area contributed by atoms with Crippen molar-refractivity contribution >= 4 is 51.9 Å². The lowest BCUT2D eigenvalue weighted by Gasteiger charge is -2.06. The number of nitrogens with zero attached hydrogens (tertiary/aromatic N) is 3. The SMILES string of the molecule is CC=N/C=C\C=C\n1c(=O)nc(NC2CC2)c2oc3ccc(Cl)cc3c21. The van der Waals surface area contributed by atoms with Gasteiger partial charge in [0.05, 0.1) is 0 Å². The molecule has 0 bridgehead atoms. The predicted molar refractivity (Wildman–Crippen MR) is 106 cm³/mol. The van der Waals surface area contributed by atoms with Crippen LogP contribution in [0.5, 0.6) is 0 Å². The molecule has 1 aliphatic carbocycles. The number of hydrogen-bond acceptors (Lipinski definition) is 5. The van der Waals surface area contributed by atoms with Crippen molar-refractivity contribution in [2.24, 2.45) is 4.99 Å². The zero-order chi connectivity index (χ0) is 18.1. The molecule has 2 heterocycles. The first-order valence-electron chi connectivity index (χ1n) is 8.39. The third-order valence-corrected chi connectivity index (χ3v) is 4.31. The lowest BCUT2D eigenvalue weighted by molar-refractivity contribution is 0.664. The molecule has 1 aromatic carbocycles. The number of rotatable bonds is 5. The van der Waals surface area contributed by atoms with Gasteiger partial charge in [0, 0.05) is 35.1 Å². The molecular weight excluding hydrogens is 352 g/mol. The molecule has 0 unspecified atom stereocenters. The van der Waals surface area contributed by atoms with E-state index in [-0.39, 0.29) is 5.69 Å². The van der Waals surface area contributed by atoms with Crippen molar-refractivity contribution in [1.29, 1.82) is 0 Å². The quantitative estimate of drug-likeness (QED) is 0.533. The second-order valence-electron chi connectivity index (χ2n) is 6.04. The van der Waals surface area contributed by atoms with Gasteiger partial charge in [0.2, 0.25) is 0 Å². The number of benzene rings is 1. The summed E-state index contributed by atoms with van der Waals surface area (Å²) in [6.07, 6.45) is 10.6. The van der Waals surface area contributed by atoms with Crippen LogP contribution in [0.4, 0.5) is 5.82 Å². The fourth-order valence-corrected chi connectivity index (χ4v) is 2.90. The molecule has 3 aromatic rings. The Kier molecular flexibility index (Phi) is 4.34. The molecule has 1 fully saturated rings. The summed E-state index contributed by atoms with van der Waals surface area (Å²) in [7, 11) is 0. The highest BCUT2D eigenvalue weighted by Crippen LogP contribution is 2.35. The van der Waals surface area contributed by atoms with Crippen LogP contribution in [0, 0.1) is 0 Å². The molecule has 1 aliphatic rings. The van der Waals surface area contributed by atoms with Crippen molar-refractivity contribution in [2.75, 3.05) is 5.32 Å². The van der Waals surface area contributed by atoms with Gasteiger partial charge in [0.15, 0.2) is 11.4 Å². The first kappa shape index (κ1) is 16.6. The molecule has 0 aliphatic heterocycles. The molecule has 0 amide bonds. The summed E-state index contributed by atoms with van der Waals surface area (Å²) in [6.45, 7) is 1.83. The van der Waals surface area contributed by atoms with Crippen molar-refractivity contribution in [2.45, 2.75) is 25.8 Å². The Hall–Kier alpha value is -2.86. The van der Waals surface area contributed by atoms with Gasteiger partial charge in [-0.15, -0.1) is 0 Å². The molecule has 4 rings (SSSR count). The molecule has 2 aromatic heterocycles. The third-order valence-electron chi connectivity index (χ3n) is 4.08. The molecule has 0 saturated heterocycles. The van der Waals surface area contributed by atoms with Gasteiger partial charge in [0.1, 0.15) is 11.1 Å². The van der Waals surface area contributed by atoms with E-state index in [1.807, 2.05) is 6.92 Å². The standard InChI is InChI=1S/C19H17ClN4O2/c1-2-21-9-3-4-10-24-16-14-11-12(20)5-8-15(14)26-17(16)18(23-19(24)25)22-13-6-7-13/h2-5,8-11,13H,6-7H2,1H3,(H,22,23,25)/b9-3-,10-4+,21-2?. The molecule has 0 radical (unpaired) electrons. The minimum Gasteiger partial charge on any atom is -0.450 e. The first-order valence-corrected chi connectivity index (χ1v) is 8.77. The molecule has 6 nitrogen and oxygen atoms in total. The maximum atomic E-state index is 12.6. The van der Waals surface area contributed by atoms with E-state index < -0.39 is 0 Å². The normalized spacial score (nSPS) is 15.3. The maximum absolute atomic E-state index is 12.6. The minimum absolute atomic E-state index is 0.350. The average Bonchev–Trinajstić information content (AvgIpc) is 3.36. The second-order valence-corrected chi connectivity index (χ2v) is 6.48. The van der Waals surface area contributed by atoms with Gasteiger partial charge < -0.3 is 9.73 Å². The molecular formula is C19H17ClN4O2. The topological polar surface area (TPSA) is 72.4 Å². The van der Waals surface area contributed by atoms with Crippen LogP contribution in [0.25, 0.3) is 28.3 Å². The van der Waals surface area contributed by atoms with Crippen LogP contribution in [0.2, 0.25) is 5.02 Å². The summed E-state index contributed by atoms with van der Waals surface area (Å²) in [5.74, 6) is 0.482. The highest BCUT2D eigenvalue weighted by Gasteiger charge is 2.25. The Bertz CT molecular complexity index is 1120. The van der Waals surface area contributed by atoms with E-state index in [4.69, 9.17) is 16.0 Å². The van der Waals surface area contributed by atoms with Gasteiger partial charge in [0.25, 0.3) is 0 Å². The van der Waals surface area contributed by atoms with Crippen LogP contribution in [0.1, 0.15) is 19.8 Å². The number of furan rings is 1. The van der Waals surface area contributed by atoms with Crippen LogP contribution < -0.4 is 11.0 Å². The van der Waals surface area contributed by atoms with E-state index in [2.05, 4.69) is 15.3 Å². The average molecular weight is 369 g/mol. The Morgan fingerprint density at radius 3 is 3.00 bits per heavy atom. The molecule has 7 heteroatoms. The van der Waals surface area contributed by atoms with Gasteiger partial charge in [-0.1, -0.05) is 11.6 Å². The number of fused-ring (bicyclic) bond motifs is 3. The summed E-state index contributed by atoms with van der Waals surface area (Å²) in [5.41, 5.74) is 1.47. The van der Waals surface area contributed by atoms with E-state index >= 15 is 0 Å². The molecule has 1 saturated carbocycles. The van der Waals surface area contributed by atoms with Crippen LogP contribution >= 0.6 is 11.6 Å². The smallest absolute Gasteiger partial charge is 0.354 e. The molecule has 26 heavy (non-hydrogen) atoms. The summed E-state index contributed by atoms with van der Waals surface area (Å²) < 4.78 is 7.46. The van der Waals surface area contributed by atoms with E-state index in [0.29, 0.717) is 33.6 Å². The van der Waals surface area contributed by atoms with Crippen molar-refractivity contribution in [3.63, 3.8) is 0 Å². The second kappa shape index (κ2) is 6.80. The molecule has 132 valence electrons. The lowest BCUT2D eigenvalue weighted by atomic mass is 10.2. The minimum atomic E-state index is -0.382. The van der Waals surface area contributed by atoms with Gasteiger partial charge >= 0.3 is 5.69 Å². The van der Waals surface area contributed by atoms with Gasteiger partial charge in [-0.2, -0.15) is 4.98 Å². The fourth-order valence-electron chi connectivity index (χ4n) is 2.73. The maximum Gasteiger partial charge on any atom is 0.354 e. The Morgan fingerprint density at radius 1 is 1.38 bits per heavy atom. The van der Waals surface area contributed by atoms with Crippen LogP contribution in [-0.2, 0) is 0 Å². The van der Waals surface area contributed by atoms with E-state index in [0.717, 1.165) is 18.2 Å². The van der Waals surface area contributed by atoms with Gasteiger partial charge in [-0.3, -0.25) is 9.56 Å². The largest absolute Gasteiger partial charge is 0.450 e. The number of aromatic nitrogens is 2. The summed E-state index contributed by atoms with van der Waals surface area (Å²) in [5, 5.41) is 4.63. The summed E-state index contributed by atoms with van der Waals surface area (Å²) >= 11 is 6.16. The van der Waals surface area contributed by atoms with Crippen molar-refractivity contribution in [3.05, 3.63) is 52.1 Å². The van der Waals surface area contributed by atoms with Crippen molar-refractivity contribution in [3.8, 4) is 0 Å². The van der Waals surface area contributed by atoms with Crippen molar-refractivity contribution < 1.29 is 4.42 Å². The number of hydrogen-bond donors (Lipinski definition) is 1. The number of aliphatic imine (C=N–C) groups is 1. The zero-order valence-electron chi connectivity index (χ0n) is 14.1. The predicted octanol–water partition coefficient (Wildman–Crippen LogP) is 4.45. The Balaban J connectivity index is 1.94. The van der Waals surface area contributed by atoms with E-state index in [1.165, 1.54) is 4.57 Å². The number of nitrogens with one attached hydrogen (secondary N) is 1. The Morgan fingerprint density at radius 2 is 2.23 bits per heavy atom. The number of allylic oxidation sites excluding steroid dienone is 2. The highest BCUT2D eigenvalue weighted by molar-refractivity contribution is 6.31. The molecule has 1 N–H and O–H groups in total. The van der Waals surface area contributed by atoms with Crippen LogP contribution in [0.3, 0.4) is 0 Å². The zero-order valence-corrected chi connectivity index (χ0v) is 14.9. The Labute approximate surface area is 154 Å². The lowest BCUT2D eigenvalue weighted by Crippen LogP contribution is -2.21. The summed E-state index contributed by atoms with van der Waals surface area (Å²) in [4.78, 5) is 20.8. The van der Waals surface area contributed by atoms with E-state index in [1.54, 1.807) is 49.0 Å². The third kappa shape index (κ3) is 3.15. The number of halogens is 1. The van der Waals surface area contributed by atoms with Crippen LogP contribution in [-0.4, -0.2) is 21.8 Å². The van der Waals surface area contributed by atoms with Gasteiger partial charge in [-0.05, 0) is 50.1 Å². The van der Waals surface area contributed by atoms with Crippen molar-refractivity contribution in [1.82, 2.24) is 9.55 Å². The highest BCUT2D eigenvalue weighted by atomic mass is 35.5. The first-order chi connectivity index (χ1) is 12.7. The number of anilines is 1. The monoisotopic (exact) mass is 368 g/mol. The van der Waals surface area contributed by atoms with Crippen LogP contribution in [0.15, 0.2) is 50.8 Å². The summed E-state index contributed by atoms with van der Waals surface area (Å²) in [6, 6.07) is 5.71.